The molecule has 0 atom stereocenters. The first-order valence-electron chi connectivity index (χ1n) is 9.13. The van der Waals surface area contributed by atoms with E-state index in [-0.39, 0.29) is 12.4 Å². The molecule has 0 amide bonds. The summed E-state index contributed by atoms with van der Waals surface area (Å²) in [6.07, 6.45) is 1.76. The standard InChI is InChI=1S/C24H21FO3S/c1-27-22-13-7-5-11-19(22)17-20(18-9-3-2-4-10-18)24(26)28-15-16-29-23-14-8-6-12-21(23)25/h2-14,17H,15-16H2,1H3/b20-17+. The zero-order valence-electron chi connectivity index (χ0n) is 16.0. The maximum absolute atomic E-state index is 13.7. The fraction of sp³-hybridized carbons (Fsp3) is 0.125. The van der Waals surface area contributed by atoms with Crippen LogP contribution in [0.2, 0.25) is 0 Å². The smallest absolute Gasteiger partial charge is 0.338 e. The molecule has 3 aromatic rings. The van der Waals surface area contributed by atoms with Crippen LogP contribution in [-0.4, -0.2) is 25.4 Å². The highest BCUT2D eigenvalue weighted by Gasteiger charge is 2.15. The lowest BCUT2D eigenvalue weighted by atomic mass is 10.0. The Morgan fingerprint density at radius 2 is 1.66 bits per heavy atom. The molecule has 3 rings (SSSR count). The van der Waals surface area contributed by atoms with E-state index in [1.54, 1.807) is 31.4 Å². The summed E-state index contributed by atoms with van der Waals surface area (Å²) in [5, 5.41) is 0. The summed E-state index contributed by atoms with van der Waals surface area (Å²) in [6, 6.07) is 23.4. The summed E-state index contributed by atoms with van der Waals surface area (Å²) in [4.78, 5) is 13.3. The molecule has 3 aromatic carbocycles. The van der Waals surface area contributed by atoms with Crippen LogP contribution in [0.25, 0.3) is 11.6 Å². The molecular weight excluding hydrogens is 387 g/mol. The van der Waals surface area contributed by atoms with Gasteiger partial charge in [0.15, 0.2) is 0 Å². The summed E-state index contributed by atoms with van der Waals surface area (Å²) >= 11 is 1.31. The number of ether oxygens (including phenoxy) is 2. The van der Waals surface area contributed by atoms with Crippen LogP contribution >= 0.6 is 11.8 Å². The zero-order chi connectivity index (χ0) is 20.5. The van der Waals surface area contributed by atoms with Gasteiger partial charge in [-0.15, -0.1) is 11.8 Å². The van der Waals surface area contributed by atoms with Gasteiger partial charge >= 0.3 is 5.97 Å². The Labute approximate surface area is 174 Å². The number of esters is 1. The number of hydrogen-bond acceptors (Lipinski definition) is 4. The third kappa shape index (κ3) is 5.72. The minimum absolute atomic E-state index is 0.175. The molecule has 0 aliphatic heterocycles. The fourth-order valence-electron chi connectivity index (χ4n) is 2.74. The molecule has 148 valence electrons. The first-order chi connectivity index (χ1) is 14.2. The molecule has 0 aromatic heterocycles. The number of benzene rings is 3. The van der Waals surface area contributed by atoms with E-state index in [1.807, 2.05) is 54.6 Å². The molecule has 3 nitrogen and oxygen atoms in total. The van der Waals surface area contributed by atoms with Crippen LogP contribution in [-0.2, 0) is 9.53 Å². The van der Waals surface area contributed by atoms with Gasteiger partial charge in [0, 0.05) is 16.2 Å². The second-order valence-electron chi connectivity index (χ2n) is 6.08. The molecule has 5 heteroatoms. The van der Waals surface area contributed by atoms with Crippen LogP contribution in [0.5, 0.6) is 5.75 Å². The van der Waals surface area contributed by atoms with Gasteiger partial charge in [-0.1, -0.05) is 60.7 Å². The second-order valence-corrected chi connectivity index (χ2v) is 7.22. The van der Waals surface area contributed by atoms with E-state index in [9.17, 15) is 9.18 Å². The molecule has 0 fully saturated rings. The molecular formula is C24H21FO3S. The van der Waals surface area contributed by atoms with Gasteiger partial charge in [-0.3, -0.25) is 0 Å². The SMILES string of the molecule is COc1ccccc1/C=C(/C(=O)OCCSc1ccccc1F)c1ccccc1. The third-order valence-corrected chi connectivity index (χ3v) is 5.17. The van der Waals surface area contributed by atoms with E-state index in [2.05, 4.69) is 0 Å². The lowest BCUT2D eigenvalue weighted by Crippen LogP contribution is -2.10. The Bertz CT molecular complexity index is 986. The monoisotopic (exact) mass is 408 g/mol. The Hall–Kier alpha value is -3.05. The van der Waals surface area contributed by atoms with Crippen LogP contribution in [0.4, 0.5) is 4.39 Å². The second kappa shape index (κ2) is 10.5. The molecule has 29 heavy (non-hydrogen) atoms. The number of carbonyl (C=O) groups is 1. The van der Waals surface area contributed by atoms with Gasteiger partial charge in [-0.25, -0.2) is 9.18 Å². The molecule has 0 unspecified atom stereocenters. The Morgan fingerprint density at radius 1 is 0.966 bits per heavy atom. The summed E-state index contributed by atoms with van der Waals surface area (Å²) in [6.45, 7) is 0.175. The number of methoxy groups -OCH3 is 1. The zero-order valence-corrected chi connectivity index (χ0v) is 16.8. The minimum atomic E-state index is -0.434. The number of carbonyl (C=O) groups excluding carboxylic acids is 1. The van der Waals surface area contributed by atoms with Crippen LogP contribution < -0.4 is 4.74 Å². The number of para-hydroxylation sites is 1. The van der Waals surface area contributed by atoms with Crippen LogP contribution in [0.3, 0.4) is 0 Å². The quantitative estimate of drug-likeness (QED) is 0.157. The van der Waals surface area contributed by atoms with Gasteiger partial charge in [-0.2, -0.15) is 0 Å². The first kappa shape index (κ1) is 20.7. The Balaban J connectivity index is 1.73. The number of hydrogen-bond donors (Lipinski definition) is 0. The van der Waals surface area contributed by atoms with Crippen LogP contribution in [0.15, 0.2) is 83.8 Å². The fourth-order valence-corrected chi connectivity index (χ4v) is 3.51. The highest BCUT2D eigenvalue weighted by molar-refractivity contribution is 7.99. The molecule has 0 saturated heterocycles. The Morgan fingerprint density at radius 3 is 2.41 bits per heavy atom. The molecule has 0 heterocycles. The summed E-state index contributed by atoms with van der Waals surface area (Å²) in [5.74, 6) is 0.425. The molecule has 0 saturated carbocycles. The van der Waals surface area contributed by atoms with Crippen molar-refractivity contribution in [3.8, 4) is 5.75 Å². The van der Waals surface area contributed by atoms with Crippen molar-refractivity contribution in [1.29, 1.82) is 0 Å². The van der Waals surface area contributed by atoms with Gasteiger partial charge in [0.25, 0.3) is 0 Å². The molecule has 0 spiro atoms. The molecule has 0 aliphatic carbocycles. The highest BCUT2D eigenvalue weighted by atomic mass is 32.2. The van der Waals surface area contributed by atoms with Crippen molar-refractivity contribution in [2.24, 2.45) is 0 Å². The van der Waals surface area contributed by atoms with Crippen molar-refractivity contribution >= 4 is 29.4 Å². The largest absolute Gasteiger partial charge is 0.496 e. The topological polar surface area (TPSA) is 35.5 Å². The van der Waals surface area contributed by atoms with Crippen molar-refractivity contribution in [2.45, 2.75) is 4.90 Å². The van der Waals surface area contributed by atoms with Gasteiger partial charge in [0.2, 0.25) is 0 Å². The van der Waals surface area contributed by atoms with E-state index >= 15 is 0 Å². The maximum Gasteiger partial charge on any atom is 0.338 e. The third-order valence-electron chi connectivity index (χ3n) is 4.15. The minimum Gasteiger partial charge on any atom is -0.496 e. The van der Waals surface area contributed by atoms with Gasteiger partial charge < -0.3 is 9.47 Å². The van der Waals surface area contributed by atoms with Crippen molar-refractivity contribution in [2.75, 3.05) is 19.5 Å². The van der Waals surface area contributed by atoms with Crippen LogP contribution in [0.1, 0.15) is 11.1 Å². The van der Waals surface area contributed by atoms with E-state index < -0.39 is 5.97 Å². The van der Waals surface area contributed by atoms with Gasteiger partial charge in [0.05, 0.1) is 12.7 Å². The van der Waals surface area contributed by atoms with E-state index in [4.69, 9.17) is 9.47 Å². The highest BCUT2D eigenvalue weighted by Crippen LogP contribution is 2.26. The predicted octanol–water partition coefficient (Wildman–Crippen LogP) is 5.71. The van der Waals surface area contributed by atoms with Crippen molar-refractivity contribution in [3.63, 3.8) is 0 Å². The first-order valence-corrected chi connectivity index (χ1v) is 10.1. The average molecular weight is 408 g/mol. The molecule has 0 bridgehead atoms. The normalized spacial score (nSPS) is 11.2. The van der Waals surface area contributed by atoms with E-state index in [0.717, 1.165) is 11.1 Å². The number of thioether (sulfide) groups is 1. The van der Waals surface area contributed by atoms with Crippen LogP contribution in [0, 0.1) is 5.82 Å². The van der Waals surface area contributed by atoms with E-state index in [1.165, 1.54) is 17.8 Å². The van der Waals surface area contributed by atoms with E-state index in [0.29, 0.717) is 22.0 Å². The van der Waals surface area contributed by atoms with Crippen molar-refractivity contribution in [1.82, 2.24) is 0 Å². The predicted molar refractivity (Wildman–Crippen MR) is 115 cm³/mol. The maximum atomic E-state index is 13.7. The summed E-state index contributed by atoms with van der Waals surface area (Å²) < 4.78 is 24.5. The molecule has 0 aliphatic rings. The lowest BCUT2D eigenvalue weighted by Gasteiger charge is -2.11. The molecule has 0 N–H and O–H groups in total. The van der Waals surface area contributed by atoms with Gasteiger partial charge in [0.1, 0.15) is 18.2 Å². The summed E-state index contributed by atoms with van der Waals surface area (Å²) in [5.41, 5.74) is 1.97. The lowest BCUT2D eigenvalue weighted by molar-refractivity contribution is -0.135. The number of halogens is 1. The average Bonchev–Trinajstić information content (AvgIpc) is 2.77. The Kier molecular flexibility index (Phi) is 7.47. The number of rotatable bonds is 8. The van der Waals surface area contributed by atoms with Crippen molar-refractivity contribution < 1.29 is 18.7 Å². The summed E-state index contributed by atoms with van der Waals surface area (Å²) in [7, 11) is 1.59. The van der Waals surface area contributed by atoms with Gasteiger partial charge in [-0.05, 0) is 29.8 Å². The molecule has 0 radical (unpaired) electrons. The van der Waals surface area contributed by atoms with Crippen molar-refractivity contribution in [3.05, 3.63) is 95.8 Å².